The first-order chi connectivity index (χ1) is 11.7. The molecule has 6 heteroatoms. The third-order valence-electron chi connectivity index (χ3n) is 4.98. The van der Waals surface area contributed by atoms with E-state index in [-0.39, 0.29) is 0 Å². The van der Waals surface area contributed by atoms with Crippen LogP contribution in [0.4, 0.5) is 5.82 Å². The smallest absolute Gasteiger partial charge is 0.222 e. The highest BCUT2D eigenvalue weighted by Crippen LogP contribution is 2.23. The SMILES string of the molecule is O=C(CCCN1CCCCC1)N1CCN(c2ncccc2Cl)CC1. The van der Waals surface area contributed by atoms with Crippen LogP contribution < -0.4 is 4.90 Å². The van der Waals surface area contributed by atoms with Gasteiger partial charge in [0.1, 0.15) is 5.82 Å². The summed E-state index contributed by atoms with van der Waals surface area (Å²) in [6.45, 7) is 6.60. The standard InChI is InChI=1S/C18H27ClN4O/c19-16-6-4-8-20-18(16)23-14-12-22(13-15-23)17(24)7-5-11-21-9-2-1-3-10-21/h4,6,8H,1-3,5,7,9-15H2. The summed E-state index contributed by atoms with van der Waals surface area (Å²) in [5.41, 5.74) is 0. The normalized spacial score (nSPS) is 19.5. The largest absolute Gasteiger partial charge is 0.352 e. The van der Waals surface area contributed by atoms with Crippen molar-refractivity contribution in [3.63, 3.8) is 0 Å². The zero-order valence-corrected chi connectivity index (χ0v) is 15.0. The molecule has 5 nitrogen and oxygen atoms in total. The highest BCUT2D eigenvalue weighted by atomic mass is 35.5. The molecule has 3 heterocycles. The average Bonchev–Trinajstić information content (AvgIpc) is 2.63. The summed E-state index contributed by atoms with van der Waals surface area (Å²) in [6.07, 6.45) is 7.39. The zero-order valence-electron chi connectivity index (χ0n) is 14.3. The number of piperidine rings is 1. The highest BCUT2D eigenvalue weighted by molar-refractivity contribution is 6.32. The Hall–Kier alpha value is -1.33. The van der Waals surface area contributed by atoms with Crippen molar-refractivity contribution in [2.24, 2.45) is 0 Å². The molecule has 2 aliphatic heterocycles. The number of hydrogen-bond donors (Lipinski definition) is 0. The van der Waals surface area contributed by atoms with Gasteiger partial charge < -0.3 is 14.7 Å². The van der Waals surface area contributed by atoms with Crippen LogP contribution in [0.3, 0.4) is 0 Å². The first-order valence-corrected chi connectivity index (χ1v) is 9.47. The van der Waals surface area contributed by atoms with Crippen molar-refractivity contribution in [3.05, 3.63) is 23.4 Å². The molecule has 0 aromatic carbocycles. The molecule has 1 aromatic heterocycles. The maximum atomic E-state index is 12.4. The molecule has 2 fully saturated rings. The minimum Gasteiger partial charge on any atom is -0.352 e. The average molecular weight is 351 g/mol. The topological polar surface area (TPSA) is 39.7 Å². The quantitative estimate of drug-likeness (QED) is 0.818. The van der Waals surface area contributed by atoms with E-state index in [2.05, 4.69) is 14.8 Å². The molecule has 1 amide bonds. The number of nitrogens with zero attached hydrogens (tertiary/aromatic N) is 4. The van der Waals surface area contributed by atoms with Gasteiger partial charge in [-0.15, -0.1) is 0 Å². The Morgan fingerprint density at radius 1 is 1.08 bits per heavy atom. The summed E-state index contributed by atoms with van der Waals surface area (Å²) in [5, 5.41) is 0.679. The summed E-state index contributed by atoms with van der Waals surface area (Å²) >= 11 is 6.21. The summed E-state index contributed by atoms with van der Waals surface area (Å²) in [4.78, 5) is 23.4. The van der Waals surface area contributed by atoms with E-state index in [1.54, 1.807) is 6.20 Å². The Bertz CT molecular complexity index is 540. The van der Waals surface area contributed by atoms with Crippen molar-refractivity contribution < 1.29 is 4.79 Å². The van der Waals surface area contributed by atoms with E-state index in [1.165, 1.54) is 32.4 Å². The minimum atomic E-state index is 0.291. The monoisotopic (exact) mass is 350 g/mol. The van der Waals surface area contributed by atoms with Crippen LogP contribution in [0.1, 0.15) is 32.1 Å². The van der Waals surface area contributed by atoms with Crippen molar-refractivity contribution in [3.8, 4) is 0 Å². The van der Waals surface area contributed by atoms with Gasteiger partial charge in [-0.3, -0.25) is 4.79 Å². The lowest BCUT2D eigenvalue weighted by atomic mass is 10.1. The first kappa shape index (κ1) is 17.5. The van der Waals surface area contributed by atoms with Gasteiger partial charge in [0.2, 0.25) is 5.91 Å². The van der Waals surface area contributed by atoms with Crippen LogP contribution in [0.5, 0.6) is 0 Å². The molecule has 0 spiro atoms. The molecule has 0 bridgehead atoms. The van der Waals surface area contributed by atoms with Gasteiger partial charge in [-0.05, 0) is 51.0 Å². The van der Waals surface area contributed by atoms with Gasteiger partial charge in [0, 0.05) is 38.8 Å². The van der Waals surface area contributed by atoms with Crippen LogP contribution in [0.25, 0.3) is 0 Å². The maximum absolute atomic E-state index is 12.4. The summed E-state index contributed by atoms with van der Waals surface area (Å²) in [5.74, 6) is 1.12. The molecule has 0 radical (unpaired) electrons. The zero-order chi connectivity index (χ0) is 16.8. The third kappa shape index (κ3) is 4.61. The molecule has 1 aromatic rings. The van der Waals surface area contributed by atoms with E-state index in [0.29, 0.717) is 17.4 Å². The van der Waals surface area contributed by atoms with Crippen molar-refractivity contribution in [1.82, 2.24) is 14.8 Å². The lowest BCUT2D eigenvalue weighted by molar-refractivity contribution is -0.131. The number of likely N-dealkylation sites (tertiary alicyclic amines) is 1. The number of carbonyl (C=O) groups excluding carboxylic acids is 1. The summed E-state index contributed by atoms with van der Waals surface area (Å²) in [6, 6.07) is 3.70. The van der Waals surface area contributed by atoms with Crippen LogP contribution in [0.15, 0.2) is 18.3 Å². The molecule has 24 heavy (non-hydrogen) atoms. The second kappa shape index (κ2) is 8.67. The van der Waals surface area contributed by atoms with Gasteiger partial charge >= 0.3 is 0 Å². The van der Waals surface area contributed by atoms with Gasteiger partial charge in [-0.25, -0.2) is 4.98 Å². The molecule has 3 rings (SSSR count). The number of pyridine rings is 1. The Labute approximate surface area is 149 Å². The highest BCUT2D eigenvalue weighted by Gasteiger charge is 2.22. The maximum Gasteiger partial charge on any atom is 0.222 e. The molecule has 2 saturated heterocycles. The molecular formula is C18H27ClN4O. The van der Waals surface area contributed by atoms with E-state index in [9.17, 15) is 4.79 Å². The van der Waals surface area contributed by atoms with E-state index >= 15 is 0 Å². The van der Waals surface area contributed by atoms with E-state index in [0.717, 1.165) is 45.0 Å². The van der Waals surface area contributed by atoms with Crippen molar-refractivity contribution in [1.29, 1.82) is 0 Å². The van der Waals surface area contributed by atoms with E-state index < -0.39 is 0 Å². The van der Waals surface area contributed by atoms with Gasteiger partial charge in [-0.2, -0.15) is 0 Å². The molecule has 2 aliphatic rings. The van der Waals surface area contributed by atoms with Gasteiger partial charge in [-0.1, -0.05) is 18.0 Å². The number of rotatable bonds is 5. The number of piperazine rings is 1. The van der Waals surface area contributed by atoms with Crippen LogP contribution in [0, 0.1) is 0 Å². The molecule has 0 atom stereocenters. The number of anilines is 1. The Morgan fingerprint density at radius 3 is 2.54 bits per heavy atom. The molecule has 0 unspecified atom stereocenters. The van der Waals surface area contributed by atoms with E-state index in [4.69, 9.17) is 11.6 Å². The predicted molar refractivity (Wildman–Crippen MR) is 97.6 cm³/mol. The first-order valence-electron chi connectivity index (χ1n) is 9.09. The summed E-state index contributed by atoms with van der Waals surface area (Å²) in [7, 11) is 0. The van der Waals surface area contributed by atoms with Crippen molar-refractivity contribution in [2.75, 3.05) is 50.7 Å². The second-order valence-corrected chi connectivity index (χ2v) is 7.09. The molecule has 0 saturated carbocycles. The lowest BCUT2D eigenvalue weighted by Gasteiger charge is -2.36. The molecule has 0 N–H and O–H groups in total. The third-order valence-corrected chi connectivity index (χ3v) is 5.28. The van der Waals surface area contributed by atoms with Crippen LogP contribution >= 0.6 is 11.6 Å². The number of hydrogen-bond acceptors (Lipinski definition) is 4. The fraction of sp³-hybridized carbons (Fsp3) is 0.667. The summed E-state index contributed by atoms with van der Waals surface area (Å²) < 4.78 is 0. The fourth-order valence-corrected chi connectivity index (χ4v) is 3.81. The van der Waals surface area contributed by atoms with E-state index in [1.807, 2.05) is 17.0 Å². The second-order valence-electron chi connectivity index (χ2n) is 6.68. The number of amides is 1. The Kier molecular flexibility index (Phi) is 6.32. The van der Waals surface area contributed by atoms with Crippen LogP contribution in [0.2, 0.25) is 5.02 Å². The number of aromatic nitrogens is 1. The van der Waals surface area contributed by atoms with Crippen LogP contribution in [-0.4, -0.2) is 66.5 Å². The fourth-order valence-electron chi connectivity index (χ4n) is 3.57. The van der Waals surface area contributed by atoms with Gasteiger partial charge in [0.05, 0.1) is 5.02 Å². The Balaban J connectivity index is 1.39. The van der Waals surface area contributed by atoms with Crippen molar-refractivity contribution in [2.45, 2.75) is 32.1 Å². The number of halogens is 1. The number of carbonyl (C=O) groups is 1. The van der Waals surface area contributed by atoms with Crippen LogP contribution in [-0.2, 0) is 4.79 Å². The predicted octanol–water partition coefficient (Wildman–Crippen LogP) is 2.65. The molecular weight excluding hydrogens is 324 g/mol. The molecule has 132 valence electrons. The van der Waals surface area contributed by atoms with Gasteiger partial charge in [0.25, 0.3) is 0 Å². The molecule has 0 aliphatic carbocycles. The van der Waals surface area contributed by atoms with Crippen molar-refractivity contribution >= 4 is 23.3 Å². The minimum absolute atomic E-state index is 0.291. The van der Waals surface area contributed by atoms with Gasteiger partial charge in [0.15, 0.2) is 0 Å². The lowest BCUT2D eigenvalue weighted by Crippen LogP contribution is -2.49. The Morgan fingerprint density at radius 2 is 1.83 bits per heavy atom.